The highest BCUT2D eigenvalue weighted by atomic mass is 16.5. The van der Waals surface area contributed by atoms with Gasteiger partial charge in [-0.1, -0.05) is 285 Å². The molecular formula is C94H174N2O4. The topological polar surface area (TPSA) is 59.1 Å². The molecule has 0 aromatic rings. The molecule has 0 heterocycles. The predicted molar refractivity (Wildman–Crippen MR) is 431 cm³/mol. The van der Waals surface area contributed by atoms with Crippen LogP contribution in [-0.4, -0.2) is 75.2 Å². The third-order valence-electron chi connectivity index (χ3n) is 27.9. The lowest BCUT2D eigenvalue weighted by Gasteiger charge is -2.18. The molecule has 8 saturated carbocycles. The van der Waals surface area contributed by atoms with Crippen LogP contribution in [0.15, 0.2) is 0 Å². The summed E-state index contributed by atoms with van der Waals surface area (Å²) in [5.41, 5.74) is 0. The van der Waals surface area contributed by atoms with Crippen molar-refractivity contribution in [2.24, 2.45) is 94.7 Å². The molecule has 584 valence electrons. The van der Waals surface area contributed by atoms with Crippen LogP contribution in [0, 0.1) is 94.7 Å². The fourth-order valence-electron chi connectivity index (χ4n) is 19.9. The van der Waals surface area contributed by atoms with E-state index in [0.717, 1.165) is 146 Å². The van der Waals surface area contributed by atoms with Gasteiger partial charge in [-0.15, -0.1) is 0 Å². The molecule has 0 N–H and O–H groups in total. The van der Waals surface area contributed by atoms with E-state index < -0.39 is 0 Å². The zero-order valence-electron chi connectivity index (χ0n) is 68.6. The van der Waals surface area contributed by atoms with E-state index in [2.05, 4.69) is 65.7 Å². The van der Waals surface area contributed by atoms with Crippen LogP contribution in [0.2, 0.25) is 0 Å². The summed E-state index contributed by atoms with van der Waals surface area (Å²) in [6.07, 6.45) is 88.2. The Morgan fingerprint density at radius 3 is 0.710 bits per heavy atom. The molecule has 0 amide bonds. The van der Waals surface area contributed by atoms with Gasteiger partial charge in [0.2, 0.25) is 0 Å². The Morgan fingerprint density at radius 1 is 0.260 bits per heavy atom. The molecule has 0 aliphatic heterocycles. The second-order valence-electron chi connectivity index (χ2n) is 37.8. The lowest BCUT2D eigenvalue weighted by molar-refractivity contribution is -0.151. The molecule has 0 saturated heterocycles. The van der Waals surface area contributed by atoms with Crippen LogP contribution < -0.4 is 0 Å². The van der Waals surface area contributed by atoms with Gasteiger partial charge >= 0.3 is 11.9 Å². The number of esters is 2. The molecule has 8 rings (SSSR count). The molecule has 8 aliphatic rings. The Bertz CT molecular complexity index is 1910. The number of nitrogens with zero attached hydrogens (tertiary/aromatic N) is 2. The Balaban J connectivity index is 0.000000282. The Morgan fingerprint density at radius 2 is 0.460 bits per heavy atom. The molecule has 8 fully saturated rings. The maximum Gasteiger partial charge on any atom is 0.306 e. The number of hydrogen-bond acceptors (Lipinski definition) is 6. The maximum atomic E-state index is 12.7. The van der Waals surface area contributed by atoms with Crippen molar-refractivity contribution in [2.45, 2.75) is 451 Å². The number of unbranched alkanes of at least 4 members (excludes halogenated alkanes) is 30. The van der Waals surface area contributed by atoms with Crippen molar-refractivity contribution < 1.29 is 19.1 Å². The number of hydrogen-bond donors (Lipinski definition) is 0. The minimum absolute atomic E-state index is 0.0339. The molecule has 6 heteroatoms. The van der Waals surface area contributed by atoms with E-state index >= 15 is 0 Å². The third kappa shape index (κ3) is 41.3. The highest BCUT2D eigenvalue weighted by Crippen LogP contribution is 2.60. The van der Waals surface area contributed by atoms with E-state index in [1.807, 2.05) is 0 Å². The van der Waals surface area contributed by atoms with Gasteiger partial charge in [0.1, 0.15) is 12.2 Å². The Kier molecular flexibility index (Phi) is 44.8. The highest BCUT2D eigenvalue weighted by molar-refractivity contribution is 5.69. The van der Waals surface area contributed by atoms with Crippen LogP contribution >= 0.6 is 0 Å². The van der Waals surface area contributed by atoms with Gasteiger partial charge < -0.3 is 19.3 Å². The van der Waals surface area contributed by atoms with Gasteiger partial charge in [0.25, 0.3) is 0 Å². The van der Waals surface area contributed by atoms with Gasteiger partial charge in [-0.05, 0) is 277 Å². The maximum absolute atomic E-state index is 12.7. The molecule has 0 spiro atoms. The average molecular weight is 1400 g/mol. The normalized spacial score (nSPS) is 28.6. The smallest absolute Gasteiger partial charge is 0.306 e. The highest BCUT2D eigenvalue weighted by Gasteiger charge is 2.50. The van der Waals surface area contributed by atoms with Crippen molar-refractivity contribution in [3.8, 4) is 0 Å². The molecule has 6 nitrogen and oxygen atoms in total. The second-order valence-corrected chi connectivity index (χ2v) is 37.8. The van der Waals surface area contributed by atoms with Crippen molar-refractivity contribution in [3.05, 3.63) is 0 Å². The summed E-state index contributed by atoms with van der Waals surface area (Å²) in [5.74, 6) is 17.7. The number of ether oxygens (including phenoxy) is 2. The van der Waals surface area contributed by atoms with Crippen molar-refractivity contribution >= 4 is 11.9 Å². The van der Waals surface area contributed by atoms with E-state index in [1.165, 1.54) is 295 Å². The van der Waals surface area contributed by atoms with E-state index in [9.17, 15) is 9.59 Å². The van der Waals surface area contributed by atoms with Gasteiger partial charge in [0.15, 0.2) is 0 Å². The van der Waals surface area contributed by atoms with Gasteiger partial charge in [-0.3, -0.25) is 9.59 Å². The first-order chi connectivity index (χ1) is 48.9. The predicted octanol–water partition coefficient (Wildman–Crippen LogP) is 27.9. The first-order valence-corrected chi connectivity index (χ1v) is 46.6. The van der Waals surface area contributed by atoms with Crippen LogP contribution in [0.4, 0.5) is 0 Å². The van der Waals surface area contributed by atoms with Crippen molar-refractivity contribution in [1.29, 1.82) is 0 Å². The van der Waals surface area contributed by atoms with Gasteiger partial charge in [-0.2, -0.15) is 0 Å². The summed E-state index contributed by atoms with van der Waals surface area (Å²) in [5, 5.41) is 0. The van der Waals surface area contributed by atoms with Crippen molar-refractivity contribution in [3.63, 3.8) is 0 Å². The first-order valence-electron chi connectivity index (χ1n) is 46.6. The Hall–Kier alpha value is -1.14. The molecular weight excluding hydrogens is 1220 g/mol. The van der Waals surface area contributed by atoms with E-state index in [-0.39, 0.29) is 24.1 Å². The molecule has 0 aromatic carbocycles. The minimum Gasteiger partial charge on any atom is -0.462 e. The molecule has 8 aliphatic carbocycles. The van der Waals surface area contributed by atoms with Gasteiger partial charge in [0, 0.05) is 12.8 Å². The summed E-state index contributed by atoms with van der Waals surface area (Å²) >= 11 is 0. The molecule has 0 radical (unpaired) electrons. The van der Waals surface area contributed by atoms with Crippen LogP contribution in [0.1, 0.15) is 439 Å². The zero-order valence-corrected chi connectivity index (χ0v) is 68.6. The van der Waals surface area contributed by atoms with Crippen LogP contribution in [0.5, 0.6) is 0 Å². The third-order valence-corrected chi connectivity index (χ3v) is 27.9. The molecule has 0 bridgehead atoms. The summed E-state index contributed by atoms with van der Waals surface area (Å²) in [4.78, 5) is 29.6. The summed E-state index contributed by atoms with van der Waals surface area (Å²) < 4.78 is 12.1. The van der Waals surface area contributed by atoms with Crippen LogP contribution in [0.3, 0.4) is 0 Å². The molecule has 16 unspecified atom stereocenters. The van der Waals surface area contributed by atoms with E-state index in [1.54, 1.807) is 64.2 Å². The standard InChI is InChI=1S/C49H87NO2.C45H87NO2/c1-5-36-26-40(36)30-44-34-46(44)32-42-28-38(42)20-15-11-7-9-13-17-22-48(52-49(51)24-19-25-50(3)4)23-18-14-10-8-12-16-21-39-29-43(39)33-47-35-45(47)31-41-27-37(41)6-2;1-5-7-9-11-17-23-30-40-38-42(40)32-25-19-13-15-21-27-34-44(48-45(47)36-29-37-46(3)4)35-28-22-16-14-20-26-33-43-39-41(43)31-24-18-12-10-8-6-2/h36-48H,5-35H2,1-4H3;40-44H,5-39H2,1-4H3. The first kappa shape index (κ1) is 86.1. The minimum atomic E-state index is 0.0339. The number of rotatable bonds is 70. The lowest BCUT2D eigenvalue weighted by Crippen LogP contribution is -2.20. The van der Waals surface area contributed by atoms with Crippen LogP contribution in [0.25, 0.3) is 0 Å². The van der Waals surface area contributed by atoms with Crippen molar-refractivity contribution in [1.82, 2.24) is 9.80 Å². The molecule has 0 aromatic heterocycles. The fraction of sp³-hybridized carbons (Fsp3) is 0.979. The van der Waals surface area contributed by atoms with E-state index in [4.69, 9.17) is 9.47 Å². The monoisotopic (exact) mass is 1400 g/mol. The fourth-order valence-corrected chi connectivity index (χ4v) is 19.9. The average Bonchev–Trinajstić information content (AvgIpc) is 1.63. The van der Waals surface area contributed by atoms with Crippen molar-refractivity contribution in [2.75, 3.05) is 41.3 Å². The quantitative estimate of drug-likeness (QED) is 0.0447. The summed E-state index contributed by atoms with van der Waals surface area (Å²) in [7, 11) is 8.32. The second kappa shape index (κ2) is 52.0. The zero-order chi connectivity index (χ0) is 70.8. The largest absolute Gasteiger partial charge is 0.462 e. The SMILES string of the molecule is CCC1CC1CC1CC1CC1CC1CCCCCCCCC(CCCCCCCCC1CC1CC1CC1CC1CC1CC)OC(=O)CCCN(C)C.CCCCCCCCC1CC1CCCCCCCCC(CCCCCCCCC1CC1CCCCCCCC)OC(=O)CCCN(C)C. The molecule has 16 atom stereocenters. The number of carbonyl (C=O) groups excluding carboxylic acids is 2. The van der Waals surface area contributed by atoms with E-state index in [0.29, 0.717) is 12.8 Å². The number of carbonyl (C=O) groups is 2. The lowest BCUT2D eigenvalue weighted by atomic mass is 10.0. The summed E-state index contributed by atoms with van der Waals surface area (Å²) in [6, 6.07) is 0. The Labute approximate surface area is 624 Å². The van der Waals surface area contributed by atoms with Gasteiger partial charge in [0.05, 0.1) is 0 Å². The van der Waals surface area contributed by atoms with Crippen LogP contribution in [-0.2, 0) is 19.1 Å². The molecule has 100 heavy (non-hydrogen) atoms. The van der Waals surface area contributed by atoms with Gasteiger partial charge in [-0.25, -0.2) is 0 Å². The summed E-state index contributed by atoms with van der Waals surface area (Å²) in [6.45, 7) is 11.3.